The van der Waals surface area contributed by atoms with E-state index in [1.807, 2.05) is 6.92 Å². The molecule has 0 aromatic rings. The summed E-state index contributed by atoms with van der Waals surface area (Å²) in [5.41, 5.74) is 5.70. The summed E-state index contributed by atoms with van der Waals surface area (Å²) in [6, 6.07) is -0.586. The van der Waals surface area contributed by atoms with Crippen LogP contribution in [0.3, 0.4) is 0 Å². The lowest BCUT2D eigenvalue weighted by molar-refractivity contribution is -0.148. The fourth-order valence-electron chi connectivity index (χ4n) is 2.07. The Morgan fingerprint density at radius 2 is 1.81 bits per heavy atom. The van der Waals surface area contributed by atoms with Crippen molar-refractivity contribution in [3.63, 3.8) is 0 Å². The van der Waals surface area contributed by atoms with E-state index in [0.29, 0.717) is 6.61 Å². The molecule has 2 unspecified atom stereocenters. The van der Waals surface area contributed by atoms with Crippen molar-refractivity contribution in [2.24, 2.45) is 5.73 Å². The number of nitrogens with two attached hydrogens (primary N) is 1. The van der Waals surface area contributed by atoms with Gasteiger partial charge in [-0.15, -0.1) is 0 Å². The largest absolute Gasteiger partial charge is 0.465 e. The van der Waals surface area contributed by atoms with E-state index >= 15 is 0 Å². The number of hydrogen-bond acceptors (Lipinski definition) is 4. The third-order valence-corrected chi connectivity index (χ3v) is 3.41. The van der Waals surface area contributed by atoms with Gasteiger partial charge in [0.25, 0.3) is 0 Å². The van der Waals surface area contributed by atoms with Crippen molar-refractivity contribution in [3.8, 4) is 0 Å². The molecule has 0 aliphatic rings. The number of likely N-dealkylation sites (N-methyl/N-ethyl adjacent to an activating group) is 1. The Balaban J connectivity index is 4.85. The predicted molar refractivity (Wildman–Crippen MR) is 66.2 cm³/mol. The van der Waals surface area contributed by atoms with E-state index in [1.54, 1.807) is 6.92 Å². The van der Waals surface area contributed by atoms with Crippen LogP contribution in [0.15, 0.2) is 0 Å². The van der Waals surface area contributed by atoms with Gasteiger partial charge in [-0.05, 0) is 33.4 Å². The molecule has 2 atom stereocenters. The van der Waals surface area contributed by atoms with Crippen LogP contribution >= 0.6 is 0 Å². The molecule has 4 heteroatoms. The van der Waals surface area contributed by atoms with Crippen molar-refractivity contribution in [2.45, 2.75) is 52.6 Å². The number of carbonyl (C=O) groups is 1. The second-order valence-electron chi connectivity index (χ2n) is 4.11. The minimum absolute atomic E-state index is 0.307. The minimum Gasteiger partial charge on any atom is -0.465 e. The van der Waals surface area contributed by atoms with Gasteiger partial charge in [-0.3, -0.25) is 9.69 Å². The van der Waals surface area contributed by atoms with Crippen LogP contribution in [0.1, 0.15) is 41.0 Å². The van der Waals surface area contributed by atoms with E-state index in [4.69, 9.17) is 10.5 Å². The number of ether oxygens (including phenoxy) is 1. The summed E-state index contributed by atoms with van der Waals surface area (Å²) < 4.78 is 5.00. The van der Waals surface area contributed by atoms with Crippen molar-refractivity contribution in [1.29, 1.82) is 0 Å². The quantitative estimate of drug-likeness (QED) is 0.671. The minimum atomic E-state index is -0.586. The van der Waals surface area contributed by atoms with Gasteiger partial charge >= 0.3 is 5.97 Å². The number of esters is 1. The standard InChI is InChI=1S/C12H26N2O2/c1-6-12(5,14(7-2)8-3)10(13)11(15)16-9-4/h10H,6-9,13H2,1-5H3. The lowest BCUT2D eigenvalue weighted by Gasteiger charge is -2.42. The van der Waals surface area contributed by atoms with Gasteiger partial charge in [0.1, 0.15) is 6.04 Å². The second-order valence-corrected chi connectivity index (χ2v) is 4.11. The molecular formula is C12H26N2O2. The third-order valence-electron chi connectivity index (χ3n) is 3.41. The van der Waals surface area contributed by atoms with Crippen LogP contribution in [0, 0.1) is 0 Å². The Labute approximate surface area is 99.1 Å². The zero-order valence-corrected chi connectivity index (χ0v) is 11.2. The Bertz CT molecular complexity index is 217. The van der Waals surface area contributed by atoms with E-state index < -0.39 is 6.04 Å². The molecule has 0 radical (unpaired) electrons. The molecular weight excluding hydrogens is 204 g/mol. The number of nitrogens with zero attached hydrogens (tertiary/aromatic N) is 1. The Morgan fingerprint density at radius 3 is 2.12 bits per heavy atom. The molecule has 0 saturated heterocycles. The number of rotatable bonds is 7. The maximum atomic E-state index is 11.7. The highest BCUT2D eigenvalue weighted by molar-refractivity contribution is 5.77. The molecule has 16 heavy (non-hydrogen) atoms. The highest BCUT2D eigenvalue weighted by Crippen LogP contribution is 2.23. The van der Waals surface area contributed by atoms with E-state index in [9.17, 15) is 4.79 Å². The van der Waals surface area contributed by atoms with Crippen molar-refractivity contribution in [2.75, 3.05) is 19.7 Å². The first-order chi connectivity index (χ1) is 7.47. The van der Waals surface area contributed by atoms with Crippen LogP contribution in [0.2, 0.25) is 0 Å². The van der Waals surface area contributed by atoms with Gasteiger partial charge in [-0.25, -0.2) is 0 Å². The molecule has 96 valence electrons. The summed E-state index contributed by atoms with van der Waals surface area (Å²) in [4.78, 5) is 13.9. The first kappa shape index (κ1) is 15.4. The fraction of sp³-hybridized carbons (Fsp3) is 0.917. The van der Waals surface area contributed by atoms with Gasteiger partial charge in [-0.1, -0.05) is 20.8 Å². The summed E-state index contributed by atoms with van der Waals surface area (Å²) in [7, 11) is 0. The lowest BCUT2D eigenvalue weighted by atomic mass is 9.87. The maximum Gasteiger partial charge on any atom is 0.324 e. The highest BCUT2D eigenvalue weighted by Gasteiger charge is 2.39. The average molecular weight is 230 g/mol. The molecule has 0 aromatic carbocycles. The van der Waals surface area contributed by atoms with Crippen LogP contribution in [0.4, 0.5) is 0 Å². The van der Waals surface area contributed by atoms with Crippen LogP contribution in [-0.2, 0) is 9.53 Å². The van der Waals surface area contributed by atoms with E-state index in [2.05, 4.69) is 25.7 Å². The summed E-state index contributed by atoms with van der Waals surface area (Å²) in [5.74, 6) is -0.307. The Morgan fingerprint density at radius 1 is 1.31 bits per heavy atom. The van der Waals surface area contributed by atoms with Crippen LogP contribution in [0.5, 0.6) is 0 Å². The third kappa shape index (κ3) is 3.19. The first-order valence-electron chi connectivity index (χ1n) is 6.15. The molecule has 4 nitrogen and oxygen atoms in total. The van der Waals surface area contributed by atoms with E-state index in [1.165, 1.54) is 0 Å². The summed E-state index contributed by atoms with van der Waals surface area (Å²) in [6.07, 6.45) is 0.828. The molecule has 0 fully saturated rings. The zero-order chi connectivity index (χ0) is 12.8. The van der Waals surface area contributed by atoms with Crippen LogP contribution in [0.25, 0.3) is 0 Å². The van der Waals surface area contributed by atoms with Gasteiger partial charge < -0.3 is 10.5 Å². The number of hydrogen-bond donors (Lipinski definition) is 1. The molecule has 0 heterocycles. The molecule has 0 aliphatic carbocycles. The van der Waals surface area contributed by atoms with Crippen molar-refractivity contribution in [1.82, 2.24) is 4.90 Å². The number of carbonyl (C=O) groups excluding carboxylic acids is 1. The summed E-state index contributed by atoms with van der Waals surface area (Å²) in [5, 5.41) is 0. The van der Waals surface area contributed by atoms with Gasteiger partial charge in [0.15, 0.2) is 0 Å². The maximum absolute atomic E-state index is 11.7. The second kappa shape index (κ2) is 6.86. The monoisotopic (exact) mass is 230 g/mol. The molecule has 2 N–H and O–H groups in total. The molecule has 0 bridgehead atoms. The Hall–Kier alpha value is -0.610. The van der Waals surface area contributed by atoms with Gasteiger partial charge in [0.2, 0.25) is 0 Å². The first-order valence-corrected chi connectivity index (χ1v) is 6.15. The van der Waals surface area contributed by atoms with Gasteiger partial charge in [0.05, 0.1) is 6.61 Å². The molecule has 0 saturated carbocycles. The van der Waals surface area contributed by atoms with Crippen molar-refractivity contribution >= 4 is 5.97 Å². The fourth-order valence-corrected chi connectivity index (χ4v) is 2.07. The van der Waals surface area contributed by atoms with Crippen LogP contribution < -0.4 is 5.73 Å². The molecule has 0 rings (SSSR count). The topological polar surface area (TPSA) is 55.6 Å². The normalized spacial score (nSPS) is 16.9. The van der Waals surface area contributed by atoms with Gasteiger partial charge in [-0.2, -0.15) is 0 Å². The molecule has 0 amide bonds. The predicted octanol–water partition coefficient (Wildman–Crippen LogP) is 1.39. The highest BCUT2D eigenvalue weighted by atomic mass is 16.5. The lowest BCUT2D eigenvalue weighted by Crippen LogP contribution is -2.61. The van der Waals surface area contributed by atoms with Gasteiger partial charge in [0, 0.05) is 5.54 Å². The van der Waals surface area contributed by atoms with Crippen molar-refractivity contribution in [3.05, 3.63) is 0 Å². The summed E-state index contributed by atoms with van der Waals surface area (Å²) >= 11 is 0. The van der Waals surface area contributed by atoms with Crippen molar-refractivity contribution < 1.29 is 9.53 Å². The molecule has 0 spiro atoms. The molecule has 0 aromatic heterocycles. The Kier molecular flexibility index (Phi) is 6.60. The summed E-state index contributed by atoms with van der Waals surface area (Å²) in [6.45, 7) is 12.2. The smallest absolute Gasteiger partial charge is 0.324 e. The van der Waals surface area contributed by atoms with E-state index in [-0.39, 0.29) is 11.5 Å². The zero-order valence-electron chi connectivity index (χ0n) is 11.2. The average Bonchev–Trinajstić information content (AvgIpc) is 2.29. The van der Waals surface area contributed by atoms with Crippen LogP contribution in [-0.4, -0.2) is 42.1 Å². The van der Waals surface area contributed by atoms with E-state index in [0.717, 1.165) is 19.5 Å². The SMILES string of the molecule is CCOC(=O)C(N)C(C)(CC)N(CC)CC. The molecule has 0 aliphatic heterocycles.